The lowest BCUT2D eigenvalue weighted by Crippen LogP contribution is -2.66. The summed E-state index contributed by atoms with van der Waals surface area (Å²) < 4.78 is 32.8. The lowest BCUT2D eigenvalue weighted by Gasteiger charge is -2.46. The second-order valence-corrected chi connectivity index (χ2v) is 10.1. The highest BCUT2D eigenvalue weighted by molar-refractivity contribution is 5.56. The molecule has 0 radical (unpaired) electrons. The average Bonchev–Trinajstić information content (AvgIpc) is 2.98. The lowest BCUT2D eigenvalue weighted by molar-refractivity contribution is -0.228. The molecule has 5 atom stereocenters. The van der Waals surface area contributed by atoms with Gasteiger partial charge in [-0.15, -0.1) is 6.58 Å². The molecule has 236 valence electrons. The molecule has 0 heterocycles. The van der Waals surface area contributed by atoms with Crippen LogP contribution < -0.4 is 28.4 Å². The number of methoxy groups -OCH3 is 6. The van der Waals surface area contributed by atoms with Gasteiger partial charge in [0.2, 0.25) is 0 Å². The summed E-state index contributed by atoms with van der Waals surface area (Å²) in [5, 5.41) is 67.8. The van der Waals surface area contributed by atoms with E-state index in [1.807, 2.05) is 0 Å². The molecular weight excluding hydrogens is 552 g/mol. The molecule has 0 amide bonds. The van der Waals surface area contributed by atoms with E-state index >= 15 is 0 Å². The first-order valence-corrected chi connectivity index (χ1v) is 13.1. The zero-order chi connectivity index (χ0) is 31.8. The van der Waals surface area contributed by atoms with Crippen molar-refractivity contribution in [3.63, 3.8) is 0 Å². The van der Waals surface area contributed by atoms with Gasteiger partial charge in [-0.1, -0.05) is 5.57 Å². The summed E-state index contributed by atoms with van der Waals surface area (Å²) in [6.07, 6.45) is -7.57. The van der Waals surface area contributed by atoms with Gasteiger partial charge in [-0.05, 0) is 37.6 Å². The van der Waals surface area contributed by atoms with Crippen molar-refractivity contribution in [3.8, 4) is 34.5 Å². The highest BCUT2D eigenvalue weighted by Crippen LogP contribution is 2.45. The Bertz CT molecular complexity index is 1200. The van der Waals surface area contributed by atoms with Gasteiger partial charge in [-0.3, -0.25) is 0 Å². The summed E-state index contributed by atoms with van der Waals surface area (Å²) in [7, 11) is 8.38. The van der Waals surface area contributed by atoms with Crippen molar-refractivity contribution in [1.82, 2.24) is 0 Å². The molecule has 1 unspecified atom stereocenters. The van der Waals surface area contributed by atoms with Crippen LogP contribution in [0.15, 0.2) is 36.4 Å². The van der Waals surface area contributed by atoms with Crippen LogP contribution in [-0.2, 0) is 12.8 Å². The average molecular weight is 597 g/mol. The number of aliphatic hydroxyl groups is 6. The monoisotopic (exact) mass is 596 g/mol. The van der Waals surface area contributed by atoms with Gasteiger partial charge in [-0.2, -0.15) is 0 Å². The van der Waals surface area contributed by atoms with Crippen LogP contribution in [0.5, 0.6) is 34.5 Å². The molecule has 0 aromatic heterocycles. The molecule has 0 saturated heterocycles. The van der Waals surface area contributed by atoms with Gasteiger partial charge in [0.15, 0.2) is 23.0 Å². The fourth-order valence-electron chi connectivity index (χ4n) is 5.29. The fraction of sp³-hybridized carbons (Fsp3) is 0.533. The molecule has 0 aliphatic heterocycles. The maximum atomic E-state index is 12.2. The standard InChI is InChI=1S/C30H44O12/c1-17(2)13-29(35,14-18-21(37-3)9-11-23(39-5)25(18)41-7)28(34)30(36,27(33)20(32)16-31)15-19-22(38-4)10-12-24(40-6)26(19)42-8/h9-12,20,27-28,31-36H,1,13-16H2,2-8H3/t20-,27+,28+,29?,30+/m0/s1. The highest BCUT2D eigenvalue weighted by Gasteiger charge is 2.55. The SMILES string of the molecule is C=C(C)CC(O)(Cc1c(OC)ccc(OC)c1OC)[C@@H](O)[C@@](O)(Cc1c(OC)ccc(OC)c1OC)[C@H](O)[C@@H](O)CO. The van der Waals surface area contributed by atoms with E-state index in [9.17, 15) is 30.6 Å². The van der Waals surface area contributed by atoms with Crippen molar-refractivity contribution in [2.75, 3.05) is 49.3 Å². The first-order chi connectivity index (χ1) is 19.8. The Morgan fingerprint density at radius 2 is 1.12 bits per heavy atom. The van der Waals surface area contributed by atoms with Crippen LogP contribution in [0.3, 0.4) is 0 Å². The molecule has 0 aliphatic rings. The Labute approximate surface area is 246 Å². The van der Waals surface area contributed by atoms with Gasteiger partial charge >= 0.3 is 0 Å². The zero-order valence-corrected chi connectivity index (χ0v) is 25.2. The Balaban J connectivity index is 2.86. The van der Waals surface area contributed by atoms with E-state index in [4.69, 9.17) is 28.4 Å². The van der Waals surface area contributed by atoms with Crippen molar-refractivity contribution >= 4 is 0 Å². The summed E-state index contributed by atoms with van der Waals surface area (Å²) >= 11 is 0. The quantitative estimate of drug-likeness (QED) is 0.143. The first-order valence-electron chi connectivity index (χ1n) is 13.1. The van der Waals surface area contributed by atoms with Gasteiger partial charge in [0.1, 0.15) is 41.0 Å². The van der Waals surface area contributed by atoms with Crippen molar-refractivity contribution in [2.24, 2.45) is 0 Å². The summed E-state index contributed by atoms with van der Waals surface area (Å²) in [6, 6.07) is 6.29. The van der Waals surface area contributed by atoms with Crippen molar-refractivity contribution in [2.45, 2.75) is 55.7 Å². The van der Waals surface area contributed by atoms with Crippen molar-refractivity contribution < 1.29 is 59.1 Å². The lowest BCUT2D eigenvalue weighted by atomic mass is 9.70. The van der Waals surface area contributed by atoms with Crippen LogP contribution in [0.2, 0.25) is 0 Å². The normalized spacial score (nSPS) is 16.3. The number of ether oxygens (including phenoxy) is 6. The first kappa shape index (κ1) is 34.9. The summed E-state index contributed by atoms with van der Waals surface area (Å²) in [6.45, 7) is 4.53. The van der Waals surface area contributed by atoms with Crippen LogP contribution >= 0.6 is 0 Å². The van der Waals surface area contributed by atoms with Crippen molar-refractivity contribution in [3.05, 3.63) is 47.5 Å². The number of benzene rings is 2. The summed E-state index contributed by atoms with van der Waals surface area (Å²) in [5.74, 6) is 1.38. The molecule has 2 aromatic carbocycles. The van der Waals surface area contributed by atoms with E-state index in [1.165, 1.54) is 48.7 Å². The number of hydrogen-bond donors (Lipinski definition) is 6. The molecule has 0 saturated carbocycles. The number of aliphatic hydroxyl groups excluding tert-OH is 4. The van der Waals surface area contributed by atoms with Crippen molar-refractivity contribution in [1.29, 1.82) is 0 Å². The van der Waals surface area contributed by atoms with E-state index in [-0.39, 0.29) is 47.2 Å². The predicted octanol–water partition coefficient (Wildman–Crippen LogP) is 1.03. The van der Waals surface area contributed by atoms with Gasteiger partial charge in [0.25, 0.3) is 0 Å². The second-order valence-electron chi connectivity index (χ2n) is 10.1. The van der Waals surface area contributed by atoms with Crippen LogP contribution in [-0.4, -0.2) is 109 Å². The summed E-state index contributed by atoms with van der Waals surface area (Å²) in [4.78, 5) is 0. The fourth-order valence-corrected chi connectivity index (χ4v) is 5.29. The number of hydrogen-bond acceptors (Lipinski definition) is 12. The van der Waals surface area contributed by atoms with E-state index < -0.39 is 42.5 Å². The Morgan fingerprint density at radius 1 is 0.714 bits per heavy atom. The molecule has 0 fully saturated rings. The van der Waals surface area contributed by atoms with Gasteiger partial charge < -0.3 is 59.1 Å². The third-order valence-corrected chi connectivity index (χ3v) is 7.25. The predicted molar refractivity (Wildman–Crippen MR) is 154 cm³/mol. The Hall–Kier alpha value is -3.26. The molecular formula is C30H44O12. The molecule has 6 N–H and O–H groups in total. The van der Waals surface area contributed by atoms with Crippen LogP contribution in [0.25, 0.3) is 0 Å². The minimum Gasteiger partial charge on any atom is -0.496 e. The maximum Gasteiger partial charge on any atom is 0.167 e. The Kier molecular flexibility index (Phi) is 12.3. The van der Waals surface area contributed by atoms with Crippen LogP contribution in [0.4, 0.5) is 0 Å². The molecule has 12 nitrogen and oxygen atoms in total. The van der Waals surface area contributed by atoms with E-state index in [2.05, 4.69) is 6.58 Å². The third-order valence-electron chi connectivity index (χ3n) is 7.25. The molecule has 12 heteroatoms. The smallest absolute Gasteiger partial charge is 0.167 e. The largest absolute Gasteiger partial charge is 0.496 e. The van der Waals surface area contributed by atoms with E-state index in [1.54, 1.807) is 25.1 Å². The third kappa shape index (κ3) is 7.02. The van der Waals surface area contributed by atoms with Crippen LogP contribution in [0.1, 0.15) is 24.5 Å². The molecule has 2 aromatic rings. The maximum absolute atomic E-state index is 12.2. The molecule has 2 rings (SSSR count). The Morgan fingerprint density at radius 3 is 1.48 bits per heavy atom. The van der Waals surface area contributed by atoms with Crippen LogP contribution in [0, 0.1) is 0 Å². The topological polar surface area (TPSA) is 177 Å². The molecule has 0 bridgehead atoms. The van der Waals surface area contributed by atoms with Gasteiger partial charge in [0, 0.05) is 24.0 Å². The zero-order valence-electron chi connectivity index (χ0n) is 25.2. The van der Waals surface area contributed by atoms with Gasteiger partial charge in [0.05, 0.1) is 49.3 Å². The summed E-state index contributed by atoms with van der Waals surface area (Å²) in [5.41, 5.74) is -4.12. The van der Waals surface area contributed by atoms with E-state index in [0.717, 1.165) is 0 Å². The highest BCUT2D eigenvalue weighted by atomic mass is 16.5. The second kappa shape index (κ2) is 14.8. The minimum atomic E-state index is -2.72. The van der Waals surface area contributed by atoms with Gasteiger partial charge in [-0.25, -0.2) is 0 Å². The molecule has 0 aliphatic carbocycles. The minimum absolute atomic E-state index is 0.118. The van der Waals surface area contributed by atoms with E-state index in [0.29, 0.717) is 16.9 Å². The number of rotatable bonds is 17. The molecule has 0 spiro atoms. The molecule has 42 heavy (non-hydrogen) atoms.